The Kier molecular flexibility index (Phi) is 8.47. The molecule has 10 heteroatoms. The molecule has 0 bridgehead atoms. The number of aromatic nitrogens is 1. The number of esters is 2. The van der Waals surface area contributed by atoms with Crippen LogP contribution >= 0.6 is 0 Å². The summed E-state index contributed by atoms with van der Waals surface area (Å²) in [6, 6.07) is 20.1. The lowest BCUT2D eigenvalue weighted by atomic mass is 9.96. The molecule has 2 heterocycles. The summed E-state index contributed by atoms with van der Waals surface area (Å²) >= 11 is 0. The van der Waals surface area contributed by atoms with Crippen LogP contribution in [0.25, 0.3) is 10.9 Å². The maximum Gasteiger partial charge on any atom is 0.510 e. The predicted molar refractivity (Wildman–Crippen MR) is 149 cm³/mol. The van der Waals surface area contributed by atoms with E-state index in [9.17, 15) is 14.4 Å². The second kappa shape index (κ2) is 12.0. The molecule has 0 fully saturated rings. The van der Waals surface area contributed by atoms with Crippen molar-refractivity contribution < 1.29 is 33.3 Å². The lowest BCUT2D eigenvalue weighted by Gasteiger charge is -2.28. The molecule has 0 amide bonds. The quantitative estimate of drug-likeness (QED) is 0.164. The topological polar surface area (TPSA) is 117 Å². The Morgan fingerprint density at radius 2 is 1.60 bits per heavy atom. The van der Waals surface area contributed by atoms with Crippen molar-refractivity contribution in [3.05, 3.63) is 84.6 Å². The number of anilines is 1. The molecule has 2 atom stereocenters. The maximum absolute atomic E-state index is 13.4. The summed E-state index contributed by atoms with van der Waals surface area (Å²) < 4.78 is 21.7. The van der Waals surface area contributed by atoms with Crippen LogP contribution in [0.4, 0.5) is 10.5 Å². The Labute approximate surface area is 232 Å². The van der Waals surface area contributed by atoms with E-state index in [0.29, 0.717) is 16.9 Å². The highest BCUT2D eigenvalue weighted by atomic mass is 16.7. The second-order valence-electron chi connectivity index (χ2n) is 10.1. The number of para-hydroxylation sites is 2. The number of carbonyl (C=O) groups excluding carboxylic acids is 3. The van der Waals surface area contributed by atoms with Crippen molar-refractivity contribution in [3.8, 4) is 0 Å². The van der Waals surface area contributed by atoms with Crippen LogP contribution in [0.3, 0.4) is 0 Å². The monoisotopic (exact) mass is 545 g/mol. The van der Waals surface area contributed by atoms with E-state index < -0.39 is 35.8 Å². The van der Waals surface area contributed by atoms with E-state index in [4.69, 9.17) is 23.9 Å². The predicted octanol–water partition coefficient (Wildman–Crippen LogP) is 5.13. The third kappa shape index (κ3) is 6.82. The van der Waals surface area contributed by atoms with E-state index in [2.05, 4.69) is 11.7 Å². The van der Waals surface area contributed by atoms with E-state index in [1.54, 1.807) is 51.1 Å². The average molecular weight is 546 g/mol. The van der Waals surface area contributed by atoms with Crippen molar-refractivity contribution in [2.24, 2.45) is 5.10 Å². The first-order valence-electron chi connectivity index (χ1n) is 12.7. The third-order valence-electron chi connectivity index (χ3n) is 5.71. The van der Waals surface area contributed by atoms with Gasteiger partial charge in [-0.3, -0.25) is 4.98 Å². The SMILES string of the molecule is C=C(C)C(=O)OCCOC(=O)C1=NN(c2ccccc2)C(OC(=O)OC(C)(C)C)C1c1ccc2ccccc2n1. The largest absolute Gasteiger partial charge is 0.510 e. The number of ether oxygens (including phenoxy) is 4. The van der Waals surface area contributed by atoms with Crippen LogP contribution in [0.1, 0.15) is 39.3 Å². The molecular formula is C30H31N3O7. The van der Waals surface area contributed by atoms with E-state index in [1.807, 2.05) is 36.4 Å². The van der Waals surface area contributed by atoms with Crippen LogP contribution in [0.5, 0.6) is 0 Å². The third-order valence-corrected chi connectivity index (χ3v) is 5.71. The molecule has 10 nitrogen and oxygen atoms in total. The molecule has 0 aliphatic carbocycles. The molecule has 1 aromatic heterocycles. The Balaban J connectivity index is 1.71. The minimum Gasteiger partial charge on any atom is -0.459 e. The van der Waals surface area contributed by atoms with E-state index in [-0.39, 0.29) is 24.5 Å². The van der Waals surface area contributed by atoms with Gasteiger partial charge in [-0.1, -0.05) is 49.0 Å². The molecule has 1 aliphatic rings. The van der Waals surface area contributed by atoms with Crippen LogP contribution < -0.4 is 5.01 Å². The summed E-state index contributed by atoms with van der Waals surface area (Å²) in [6.45, 7) is 9.84. The molecule has 0 saturated carbocycles. The number of nitrogens with zero attached hydrogens (tertiary/aromatic N) is 3. The molecule has 3 aromatic rings. The summed E-state index contributed by atoms with van der Waals surface area (Å²) in [5.41, 5.74) is 1.08. The molecule has 1 aliphatic heterocycles. The molecule has 40 heavy (non-hydrogen) atoms. The first kappa shape index (κ1) is 28.3. The van der Waals surface area contributed by atoms with Crippen LogP contribution in [-0.2, 0) is 28.5 Å². The van der Waals surface area contributed by atoms with E-state index in [0.717, 1.165) is 5.39 Å². The van der Waals surface area contributed by atoms with Crippen molar-refractivity contribution in [1.82, 2.24) is 4.98 Å². The molecule has 4 rings (SSSR count). The number of hydrogen-bond acceptors (Lipinski definition) is 10. The van der Waals surface area contributed by atoms with Gasteiger partial charge in [0.25, 0.3) is 0 Å². The fourth-order valence-electron chi connectivity index (χ4n) is 3.96. The van der Waals surface area contributed by atoms with Crippen molar-refractivity contribution in [2.45, 2.75) is 45.4 Å². The number of hydrazone groups is 1. The Bertz CT molecular complexity index is 1450. The summed E-state index contributed by atoms with van der Waals surface area (Å²) in [5.74, 6) is -2.29. The first-order valence-corrected chi connectivity index (χ1v) is 12.7. The van der Waals surface area contributed by atoms with Crippen LogP contribution in [-0.4, -0.2) is 53.8 Å². The van der Waals surface area contributed by atoms with Gasteiger partial charge in [0.05, 0.1) is 16.9 Å². The molecule has 0 saturated heterocycles. The van der Waals surface area contributed by atoms with Gasteiger partial charge in [0.1, 0.15) is 24.7 Å². The zero-order chi connectivity index (χ0) is 28.9. The van der Waals surface area contributed by atoms with E-state index >= 15 is 0 Å². The van der Waals surface area contributed by atoms with Gasteiger partial charge in [-0.15, -0.1) is 0 Å². The smallest absolute Gasteiger partial charge is 0.459 e. The maximum atomic E-state index is 13.4. The zero-order valence-corrected chi connectivity index (χ0v) is 22.8. The molecule has 2 unspecified atom stereocenters. The lowest BCUT2D eigenvalue weighted by Crippen LogP contribution is -2.39. The summed E-state index contributed by atoms with van der Waals surface area (Å²) in [6.07, 6.45) is -2.05. The number of pyridine rings is 1. The number of rotatable bonds is 8. The fourth-order valence-corrected chi connectivity index (χ4v) is 3.96. The molecule has 0 N–H and O–H groups in total. The van der Waals surface area contributed by atoms with Gasteiger partial charge in [-0.25, -0.2) is 19.4 Å². The highest BCUT2D eigenvalue weighted by Gasteiger charge is 2.47. The first-order chi connectivity index (χ1) is 19.0. The fraction of sp³-hybridized carbons (Fsp3) is 0.300. The van der Waals surface area contributed by atoms with Gasteiger partial charge in [-0.2, -0.15) is 5.10 Å². The number of hydrogen-bond donors (Lipinski definition) is 0. The Hall–Kier alpha value is -4.73. The molecular weight excluding hydrogens is 514 g/mol. The summed E-state index contributed by atoms with van der Waals surface area (Å²) in [4.78, 5) is 42.7. The minimum atomic E-state index is -1.12. The number of carbonyl (C=O) groups is 3. The highest BCUT2D eigenvalue weighted by Crippen LogP contribution is 2.36. The Morgan fingerprint density at radius 1 is 0.925 bits per heavy atom. The van der Waals surface area contributed by atoms with Crippen molar-refractivity contribution in [3.63, 3.8) is 0 Å². The standard InChI is InChI=1S/C30H31N3O7/c1-19(2)27(34)37-17-18-38-28(35)25-24(23-16-15-20-11-9-10-14-22(20)31-23)26(39-29(36)40-30(3,4)5)33(32-25)21-12-7-6-8-13-21/h6-16,24,26H,1,17-18H2,2-5H3. The lowest BCUT2D eigenvalue weighted by molar-refractivity contribution is -0.145. The van der Waals surface area contributed by atoms with Crippen LogP contribution in [0.15, 0.2) is 84.0 Å². The molecule has 0 radical (unpaired) electrons. The minimum absolute atomic E-state index is 0.0357. The summed E-state index contributed by atoms with van der Waals surface area (Å²) in [5, 5.41) is 6.88. The van der Waals surface area contributed by atoms with Gasteiger partial charge in [0, 0.05) is 11.0 Å². The van der Waals surface area contributed by atoms with Crippen LogP contribution in [0, 0.1) is 0 Å². The summed E-state index contributed by atoms with van der Waals surface area (Å²) in [7, 11) is 0. The van der Waals surface area contributed by atoms with Gasteiger partial charge in [-0.05, 0) is 52.0 Å². The number of fused-ring (bicyclic) bond motifs is 1. The van der Waals surface area contributed by atoms with Crippen molar-refractivity contribution in [2.75, 3.05) is 18.2 Å². The van der Waals surface area contributed by atoms with Crippen LogP contribution in [0.2, 0.25) is 0 Å². The number of benzene rings is 2. The van der Waals surface area contributed by atoms with Gasteiger partial charge >= 0.3 is 18.1 Å². The van der Waals surface area contributed by atoms with Gasteiger partial charge < -0.3 is 18.9 Å². The average Bonchev–Trinajstić information content (AvgIpc) is 3.28. The highest BCUT2D eigenvalue weighted by molar-refractivity contribution is 6.39. The van der Waals surface area contributed by atoms with Gasteiger partial charge in [0.15, 0.2) is 5.71 Å². The van der Waals surface area contributed by atoms with Crippen molar-refractivity contribution >= 4 is 40.4 Å². The van der Waals surface area contributed by atoms with Gasteiger partial charge in [0.2, 0.25) is 6.23 Å². The van der Waals surface area contributed by atoms with E-state index in [1.165, 1.54) is 11.9 Å². The molecule has 208 valence electrons. The Morgan fingerprint density at radius 3 is 2.30 bits per heavy atom. The zero-order valence-electron chi connectivity index (χ0n) is 22.8. The van der Waals surface area contributed by atoms with Crippen molar-refractivity contribution in [1.29, 1.82) is 0 Å². The second-order valence-corrected chi connectivity index (χ2v) is 10.1. The molecule has 2 aromatic carbocycles. The molecule has 0 spiro atoms. The normalized spacial score (nSPS) is 16.7.